The largest absolute Gasteiger partial charge is 0.507 e. The van der Waals surface area contributed by atoms with Gasteiger partial charge in [0.15, 0.2) is 16.6 Å². The molecule has 1 fully saturated rings. The second kappa shape index (κ2) is 11.2. The summed E-state index contributed by atoms with van der Waals surface area (Å²) in [6.07, 6.45) is 0. The summed E-state index contributed by atoms with van der Waals surface area (Å²) in [7, 11) is 4.26. The van der Waals surface area contributed by atoms with Crippen molar-refractivity contribution in [1.29, 1.82) is 0 Å². The molecule has 39 heavy (non-hydrogen) atoms. The number of methoxy groups -OCH3 is 3. The van der Waals surface area contributed by atoms with E-state index in [0.29, 0.717) is 40.7 Å². The van der Waals surface area contributed by atoms with Gasteiger partial charge in [0.05, 0.1) is 45.2 Å². The van der Waals surface area contributed by atoms with Crippen LogP contribution in [0.4, 0.5) is 5.13 Å². The van der Waals surface area contributed by atoms with Crippen LogP contribution in [0, 0.1) is 13.8 Å². The van der Waals surface area contributed by atoms with Crippen LogP contribution in [0.15, 0.2) is 42.0 Å². The van der Waals surface area contributed by atoms with E-state index in [1.165, 1.54) is 26.2 Å². The van der Waals surface area contributed by atoms with E-state index in [0.717, 1.165) is 16.9 Å². The molecule has 2 heterocycles. The lowest BCUT2D eigenvalue weighted by Gasteiger charge is -2.24. The molecule has 1 aromatic heterocycles. The standard InChI is InChI=1S/C28H28N2O8S/c1-7-38-19-11-8-16(13-20(19)36-5)22-21(23(31)17-9-10-18(35-4)14(2)12-17)24(32)26(33)30(22)28-29-15(3)25(39-28)27(34)37-6/h8-13,22,31H,7H2,1-6H3/t22-/m1/s1. The fourth-order valence-corrected chi connectivity index (χ4v) is 5.43. The number of aliphatic hydroxyl groups is 1. The number of aromatic nitrogens is 1. The molecule has 1 atom stereocenters. The van der Waals surface area contributed by atoms with Crippen molar-refractivity contribution < 1.29 is 38.4 Å². The van der Waals surface area contributed by atoms with E-state index in [-0.39, 0.29) is 21.3 Å². The Kier molecular flexibility index (Phi) is 7.91. The number of hydrogen-bond donors (Lipinski definition) is 1. The average molecular weight is 553 g/mol. The Balaban J connectivity index is 1.96. The van der Waals surface area contributed by atoms with Gasteiger partial charge in [0.2, 0.25) is 0 Å². The highest BCUT2D eigenvalue weighted by molar-refractivity contribution is 7.17. The molecule has 1 amide bonds. The van der Waals surface area contributed by atoms with Crippen molar-refractivity contribution in [2.75, 3.05) is 32.8 Å². The molecular weight excluding hydrogens is 524 g/mol. The maximum Gasteiger partial charge on any atom is 0.350 e. The summed E-state index contributed by atoms with van der Waals surface area (Å²) in [6.45, 7) is 5.65. The lowest BCUT2D eigenvalue weighted by atomic mass is 9.94. The number of benzene rings is 2. The monoisotopic (exact) mass is 552 g/mol. The highest BCUT2D eigenvalue weighted by Crippen LogP contribution is 2.45. The van der Waals surface area contributed by atoms with Gasteiger partial charge in [-0.2, -0.15) is 0 Å². The van der Waals surface area contributed by atoms with Crippen molar-refractivity contribution in [2.45, 2.75) is 26.8 Å². The third-order valence-corrected chi connectivity index (χ3v) is 7.41. The second-order valence-electron chi connectivity index (χ2n) is 8.60. The highest BCUT2D eigenvalue weighted by atomic mass is 32.1. The summed E-state index contributed by atoms with van der Waals surface area (Å²) >= 11 is 0.922. The van der Waals surface area contributed by atoms with Gasteiger partial charge in [-0.05, 0) is 62.2 Å². The van der Waals surface area contributed by atoms with Crippen molar-refractivity contribution in [3.05, 3.63) is 69.2 Å². The van der Waals surface area contributed by atoms with E-state index in [9.17, 15) is 19.5 Å². The van der Waals surface area contributed by atoms with Crippen LogP contribution in [0.1, 0.15) is 45.0 Å². The number of nitrogens with zero attached hydrogens (tertiary/aromatic N) is 2. The van der Waals surface area contributed by atoms with Crippen molar-refractivity contribution in [3.8, 4) is 17.2 Å². The first kappa shape index (κ1) is 27.6. The Morgan fingerprint density at radius 2 is 1.72 bits per heavy atom. The SMILES string of the molecule is CCOc1ccc([C@@H]2C(=C(O)c3ccc(OC)c(C)c3)C(=O)C(=O)N2c2nc(C)c(C(=O)OC)s2)cc1OC. The Labute approximate surface area is 229 Å². The number of aryl methyl sites for hydroxylation is 2. The van der Waals surface area contributed by atoms with E-state index in [2.05, 4.69) is 4.98 Å². The molecule has 1 N–H and O–H groups in total. The van der Waals surface area contributed by atoms with Crippen LogP contribution in [-0.4, -0.2) is 55.7 Å². The van der Waals surface area contributed by atoms with E-state index in [1.54, 1.807) is 50.2 Å². The molecule has 2 aromatic carbocycles. The number of amides is 1. The van der Waals surface area contributed by atoms with E-state index < -0.39 is 23.7 Å². The third kappa shape index (κ3) is 4.92. The van der Waals surface area contributed by atoms with Gasteiger partial charge < -0.3 is 24.1 Å². The Morgan fingerprint density at radius 1 is 1.03 bits per heavy atom. The number of carbonyl (C=O) groups excluding carboxylic acids is 3. The van der Waals surface area contributed by atoms with Crippen molar-refractivity contribution in [2.24, 2.45) is 0 Å². The van der Waals surface area contributed by atoms with Crippen LogP contribution in [0.25, 0.3) is 5.76 Å². The molecule has 11 heteroatoms. The highest BCUT2D eigenvalue weighted by Gasteiger charge is 2.48. The number of esters is 1. The van der Waals surface area contributed by atoms with Crippen LogP contribution in [0.2, 0.25) is 0 Å². The van der Waals surface area contributed by atoms with E-state index in [4.69, 9.17) is 18.9 Å². The lowest BCUT2D eigenvalue weighted by Crippen LogP contribution is -2.29. The number of anilines is 1. The maximum atomic E-state index is 13.5. The smallest absolute Gasteiger partial charge is 0.350 e. The summed E-state index contributed by atoms with van der Waals surface area (Å²) in [5, 5.41) is 11.5. The van der Waals surface area contributed by atoms with Crippen molar-refractivity contribution in [1.82, 2.24) is 4.98 Å². The Bertz CT molecular complexity index is 1490. The molecule has 0 bridgehead atoms. The predicted molar refractivity (Wildman–Crippen MR) is 145 cm³/mol. The molecule has 0 unspecified atom stereocenters. The molecule has 1 saturated heterocycles. The van der Waals surface area contributed by atoms with Gasteiger partial charge in [-0.15, -0.1) is 0 Å². The van der Waals surface area contributed by atoms with Gasteiger partial charge >= 0.3 is 11.9 Å². The maximum absolute atomic E-state index is 13.5. The first-order valence-corrected chi connectivity index (χ1v) is 12.8. The van der Waals surface area contributed by atoms with Crippen LogP contribution in [0.3, 0.4) is 0 Å². The summed E-state index contributed by atoms with van der Waals surface area (Å²) in [5.41, 5.74) is 1.74. The van der Waals surface area contributed by atoms with E-state index in [1.807, 2.05) is 6.92 Å². The van der Waals surface area contributed by atoms with Crippen LogP contribution in [-0.2, 0) is 14.3 Å². The number of aliphatic hydroxyl groups excluding tert-OH is 1. The van der Waals surface area contributed by atoms with Crippen LogP contribution < -0.4 is 19.1 Å². The topological polar surface area (TPSA) is 124 Å². The number of ether oxygens (including phenoxy) is 4. The normalized spacial score (nSPS) is 16.4. The molecule has 0 aliphatic carbocycles. The molecule has 3 aromatic rings. The number of carbonyl (C=O) groups is 3. The van der Waals surface area contributed by atoms with Gasteiger partial charge in [-0.25, -0.2) is 9.78 Å². The molecule has 10 nitrogen and oxygen atoms in total. The minimum atomic E-state index is -1.08. The van der Waals surface area contributed by atoms with Crippen LogP contribution >= 0.6 is 11.3 Å². The predicted octanol–water partition coefficient (Wildman–Crippen LogP) is 4.59. The van der Waals surface area contributed by atoms with Crippen molar-refractivity contribution >= 4 is 39.9 Å². The minimum Gasteiger partial charge on any atom is -0.507 e. The van der Waals surface area contributed by atoms with Gasteiger partial charge in [0.1, 0.15) is 16.4 Å². The first-order valence-electron chi connectivity index (χ1n) is 12.0. The van der Waals surface area contributed by atoms with Gasteiger partial charge in [0.25, 0.3) is 5.78 Å². The van der Waals surface area contributed by atoms with Gasteiger partial charge in [-0.3, -0.25) is 14.5 Å². The number of ketones is 1. The van der Waals surface area contributed by atoms with E-state index >= 15 is 0 Å². The minimum absolute atomic E-state index is 0.109. The summed E-state index contributed by atoms with van der Waals surface area (Å²) in [4.78, 5) is 45.1. The number of Topliss-reactive ketones (excluding diaryl/α,β-unsaturated/α-hetero) is 1. The Morgan fingerprint density at radius 3 is 2.33 bits per heavy atom. The quantitative estimate of drug-likeness (QED) is 0.185. The zero-order chi connectivity index (χ0) is 28.4. The van der Waals surface area contributed by atoms with Crippen LogP contribution in [0.5, 0.6) is 17.2 Å². The molecule has 1 aliphatic heterocycles. The summed E-state index contributed by atoms with van der Waals surface area (Å²) in [6, 6.07) is 8.86. The zero-order valence-electron chi connectivity index (χ0n) is 22.4. The van der Waals surface area contributed by atoms with Gasteiger partial charge in [-0.1, -0.05) is 17.4 Å². The Hall–Kier alpha value is -4.38. The molecule has 4 rings (SSSR count). The lowest BCUT2D eigenvalue weighted by molar-refractivity contribution is -0.132. The molecule has 0 spiro atoms. The molecule has 204 valence electrons. The fourth-order valence-electron chi connectivity index (χ4n) is 4.42. The molecule has 0 saturated carbocycles. The number of hydrogen-bond acceptors (Lipinski definition) is 10. The van der Waals surface area contributed by atoms with Crippen molar-refractivity contribution in [3.63, 3.8) is 0 Å². The number of thiazole rings is 1. The zero-order valence-corrected chi connectivity index (χ0v) is 23.2. The first-order chi connectivity index (χ1) is 18.7. The second-order valence-corrected chi connectivity index (χ2v) is 9.58. The average Bonchev–Trinajstić information content (AvgIpc) is 3.44. The fraction of sp³-hybridized carbons (Fsp3) is 0.286. The molecule has 0 radical (unpaired) electrons. The molecular formula is C28H28N2O8S. The summed E-state index contributed by atoms with van der Waals surface area (Å²) in [5.74, 6) is -1.30. The van der Waals surface area contributed by atoms with Gasteiger partial charge in [0, 0.05) is 5.56 Å². The summed E-state index contributed by atoms with van der Waals surface area (Å²) < 4.78 is 21.3. The number of rotatable bonds is 8. The third-order valence-electron chi connectivity index (χ3n) is 6.28. The molecule has 1 aliphatic rings.